The number of carbonyl (C=O) groups excluding carboxylic acids is 1. The molecular formula is C24H19BrN2O2. The zero-order chi connectivity index (χ0) is 20.2. The summed E-state index contributed by atoms with van der Waals surface area (Å²) in [4.78, 5) is 17.4. The number of halogens is 1. The van der Waals surface area contributed by atoms with Crippen molar-refractivity contribution in [3.63, 3.8) is 0 Å². The summed E-state index contributed by atoms with van der Waals surface area (Å²) >= 11 is 3.43. The van der Waals surface area contributed by atoms with E-state index in [-0.39, 0.29) is 11.9 Å². The highest BCUT2D eigenvalue weighted by atomic mass is 79.9. The first-order valence-electron chi connectivity index (χ1n) is 9.29. The number of rotatable bonds is 5. The fourth-order valence-corrected chi connectivity index (χ4v) is 3.38. The lowest BCUT2D eigenvalue weighted by Crippen LogP contribution is -2.27. The lowest BCUT2D eigenvalue weighted by atomic mass is 10.0. The average Bonchev–Trinajstić information content (AvgIpc) is 3.25. The Balaban J connectivity index is 1.60. The van der Waals surface area contributed by atoms with Crippen molar-refractivity contribution in [1.82, 2.24) is 10.3 Å². The van der Waals surface area contributed by atoms with E-state index in [2.05, 4.69) is 26.2 Å². The molecule has 0 radical (unpaired) electrons. The molecule has 1 N–H and O–H groups in total. The van der Waals surface area contributed by atoms with Crippen molar-refractivity contribution in [3.05, 3.63) is 101 Å². The molecular weight excluding hydrogens is 428 g/mol. The zero-order valence-electron chi connectivity index (χ0n) is 15.8. The van der Waals surface area contributed by atoms with Crippen LogP contribution in [0.1, 0.15) is 28.9 Å². The lowest BCUT2D eigenvalue weighted by molar-refractivity contribution is 0.0940. The van der Waals surface area contributed by atoms with Crippen LogP contribution in [0.4, 0.5) is 0 Å². The zero-order valence-corrected chi connectivity index (χ0v) is 17.4. The first-order valence-corrected chi connectivity index (χ1v) is 10.1. The number of hydrogen-bond acceptors (Lipinski definition) is 3. The highest BCUT2D eigenvalue weighted by Crippen LogP contribution is 2.29. The van der Waals surface area contributed by atoms with Gasteiger partial charge in [-0.25, -0.2) is 4.98 Å². The maximum atomic E-state index is 13.0. The van der Waals surface area contributed by atoms with Crippen LogP contribution in [0.3, 0.4) is 0 Å². The minimum absolute atomic E-state index is 0.111. The number of nitrogens with zero attached hydrogens (tertiary/aromatic N) is 1. The van der Waals surface area contributed by atoms with Crippen molar-refractivity contribution in [2.24, 2.45) is 0 Å². The predicted molar refractivity (Wildman–Crippen MR) is 117 cm³/mol. The van der Waals surface area contributed by atoms with Crippen LogP contribution in [0.5, 0.6) is 0 Å². The van der Waals surface area contributed by atoms with Gasteiger partial charge in [0.25, 0.3) is 5.91 Å². The summed E-state index contributed by atoms with van der Waals surface area (Å²) in [5.41, 5.74) is 3.16. The van der Waals surface area contributed by atoms with Crippen molar-refractivity contribution >= 4 is 21.8 Å². The number of aromatic nitrogens is 1. The average molecular weight is 447 g/mol. The highest BCUT2D eigenvalue weighted by Gasteiger charge is 2.18. The largest absolute Gasteiger partial charge is 0.436 e. The van der Waals surface area contributed by atoms with Crippen molar-refractivity contribution < 1.29 is 9.21 Å². The second-order valence-electron chi connectivity index (χ2n) is 6.69. The second kappa shape index (κ2) is 8.45. The molecule has 4 aromatic rings. The maximum Gasteiger partial charge on any atom is 0.252 e. The summed E-state index contributed by atoms with van der Waals surface area (Å²) in [7, 11) is 0. The van der Waals surface area contributed by atoms with Crippen LogP contribution in [0.15, 0.2) is 93.9 Å². The Morgan fingerprint density at radius 1 is 0.966 bits per heavy atom. The molecule has 0 fully saturated rings. The van der Waals surface area contributed by atoms with E-state index in [1.54, 1.807) is 12.3 Å². The van der Waals surface area contributed by atoms with Gasteiger partial charge in [0, 0.05) is 15.6 Å². The van der Waals surface area contributed by atoms with E-state index in [0.717, 1.165) is 15.6 Å². The lowest BCUT2D eigenvalue weighted by Gasteiger charge is -2.15. The Labute approximate surface area is 177 Å². The molecule has 0 aliphatic heterocycles. The topological polar surface area (TPSA) is 55.1 Å². The molecule has 0 unspecified atom stereocenters. The summed E-state index contributed by atoms with van der Waals surface area (Å²) in [6.07, 6.45) is 1.68. The molecule has 1 aromatic heterocycles. The molecule has 5 heteroatoms. The van der Waals surface area contributed by atoms with E-state index in [4.69, 9.17) is 4.42 Å². The SMILES string of the molecule is C[C@H](NC(=O)c1ccccc1-c1ncc(-c2ccc(Br)cc2)o1)c1ccccc1. The highest BCUT2D eigenvalue weighted by molar-refractivity contribution is 9.10. The molecule has 3 aromatic carbocycles. The quantitative estimate of drug-likeness (QED) is 0.393. The van der Waals surface area contributed by atoms with Crippen LogP contribution in [0.2, 0.25) is 0 Å². The van der Waals surface area contributed by atoms with Crippen LogP contribution in [-0.2, 0) is 0 Å². The summed E-state index contributed by atoms with van der Waals surface area (Å²) in [6.45, 7) is 1.96. The van der Waals surface area contributed by atoms with Crippen LogP contribution in [-0.4, -0.2) is 10.9 Å². The van der Waals surface area contributed by atoms with Crippen molar-refractivity contribution in [3.8, 4) is 22.8 Å². The van der Waals surface area contributed by atoms with E-state index in [9.17, 15) is 4.79 Å². The van der Waals surface area contributed by atoms with Crippen LogP contribution < -0.4 is 5.32 Å². The van der Waals surface area contributed by atoms with Crippen molar-refractivity contribution in [1.29, 1.82) is 0 Å². The van der Waals surface area contributed by atoms with Crippen LogP contribution in [0.25, 0.3) is 22.8 Å². The molecule has 0 aliphatic rings. The molecule has 0 spiro atoms. The fraction of sp³-hybridized carbons (Fsp3) is 0.0833. The molecule has 1 heterocycles. The molecule has 0 aliphatic carbocycles. The normalized spacial score (nSPS) is 11.8. The van der Waals surface area contributed by atoms with Crippen LogP contribution >= 0.6 is 15.9 Å². The van der Waals surface area contributed by atoms with E-state index < -0.39 is 0 Å². The number of nitrogens with one attached hydrogen (secondary N) is 1. The van der Waals surface area contributed by atoms with Gasteiger partial charge >= 0.3 is 0 Å². The van der Waals surface area contributed by atoms with E-state index in [0.29, 0.717) is 22.8 Å². The van der Waals surface area contributed by atoms with Gasteiger partial charge in [0.2, 0.25) is 5.89 Å². The molecule has 1 atom stereocenters. The van der Waals surface area contributed by atoms with Crippen LogP contribution in [0, 0.1) is 0 Å². The Hall–Kier alpha value is -3.18. The van der Waals surface area contributed by atoms with E-state index in [1.165, 1.54) is 0 Å². The number of carbonyl (C=O) groups is 1. The molecule has 0 saturated heterocycles. The summed E-state index contributed by atoms with van der Waals surface area (Å²) in [5.74, 6) is 0.904. The molecule has 4 nitrogen and oxygen atoms in total. The van der Waals surface area contributed by atoms with Gasteiger partial charge < -0.3 is 9.73 Å². The Kier molecular flexibility index (Phi) is 5.58. The smallest absolute Gasteiger partial charge is 0.252 e. The third kappa shape index (κ3) is 4.30. The van der Waals surface area contributed by atoms with Gasteiger partial charge in [-0.2, -0.15) is 0 Å². The number of amides is 1. The fourth-order valence-electron chi connectivity index (χ4n) is 3.11. The van der Waals surface area contributed by atoms with Gasteiger partial charge in [0.05, 0.1) is 17.8 Å². The first kappa shape index (κ1) is 19.2. The third-order valence-corrected chi connectivity index (χ3v) is 5.21. The number of oxazole rings is 1. The first-order chi connectivity index (χ1) is 14.1. The van der Waals surface area contributed by atoms with Gasteiger partial charge in [0.1, 0.15) is 0 Å². The number of hydrogen-bond donors (Lipinski definition) is 1. The predicted octanol–water partition coefficient (Wildman–Crippen LogP) is 6.26. The Bertz CT molecular complexity index is 1120. The molecule has 144 valence electrons. The maximum absolute atomic E-state index is 13.0. The van der Waals surface area contributed by atoms with Crippen molar-refractivity contribution in [2.75, 3.05) is 0 Å². The summed E-state index contributed by atoms with van der Waals surface area (Å²) in [6, 6.07) is 24.9. The van der Waals surface area contributed by atoms with Gasteiger partial charge in [-0.1, -0.05) is 70.5 Å². The molecule has 0 bridgehead atoms. The van der Waals surface area contributed by atoms with Gasteiger partial charge in [-0.05, 0) is 36.8 Å². The summed E-state index contributed by atoms with van der Waals surface area (Å²) < 4.78 is 6.97. The van der Waals surface area contributed by atoms with E-state index in [1.807, 2.05) is 79.7 Å². The molecule has 4 rings (SSSR count). The standard InChI is InChI=1S/C24H19BrN2O2/c1-16(17-7-3-2-4-8-17)27-23(28)20-9-5-6-10-21(20)24-26-15-22(29-24)18-11-13-19(25)14-12-18/h2-16H,1H3,(H,27,28)/t16-/m0/s1. The minimum atomic E-state index is -0.166. The monoisotopic (exact) mass is 446 g/mol. The minimum Gasteiger partial charge on any atom is -0.436 e. The molecule has 29 heavy (non-hydrogen) atoms. The van der Waals surface area contributed by atoms with Gasteiger partial charge in [0.15, 0.2) is 5.76 Å². The number of benzene rings is 3. The third-order valence-electron chi connectivity index (χ3n) is 4.68. The van der Waals surface area contributed by atoms with Gasteiger partial charge in [-0.15, -0.1) is 0 Å². The summed E-state index contributed by atoms with van der Waals surface area (Å²) in [5, 5.41) is 3.05. The van der Waals surface area contributed by atoms with Crippen molar-refractivity contribution in [2.45, 2.75) is 13.0 Å². The molecule has 0 saturated carbocycles. The van der Waals surface area contributed by atoms with E-state index >= 15 is 0 Å². The van der Waals surface area contributed by atoms with Gasteiger partial charge in [-0.3, -0.25) is 4.79 Å². The molecule has 1 amide bonds. The Morgan fingerprint density at radius 2 is 1.66 bits per heavy atom. The Morgan fingerprint density at radius 3 is 2.41 bits per heavy atom. The second-order valence-corrected chi connectivity index (χ2v) is 7.60.